The van der Waals surface area contributed by atoms with Crippen molar-refractivity contribution >= 4 is 34.4 Å². The van der Waals surface area contributed by atoms with Crippen LogP contribution in [0.25, 0.3) is 11.0 Å². The number of imidazole rings is 2. The number of aryl methyl sites for hydroxylation is 1. The number of carbonyl (C=O) groups excluding carboxylic acids is 3. The molecule has 0 saturated carbocycles. The van der Waals surface area contributed by atoms with E-state index in [4.69, 9.17) is 4.98 Å². The van der Waals surface area contributed by atoms with E-state index < -0.39 is 23.4 Å². The average Bonchev–Trinajstić information content (AvgIpc) is 3.58. The first-order valence-corrected chi connectivity index (χ1v) is 14.2. The van der Waals surface area contributed by atoms with Crippen LogP contribution in [0.1, 0.15) is 48.7 Å². The number of aromatic amines is 1. The van der Waals surface area contributed by atoms with Crippen LogP contribution in [0, 0.1) is 5.92 Å². The maximum atomic E-state index is 13.4. The van der Waals surface area contributed by atoms with E-state index in [9.17, 15) is 19.2 Å². The highest BCUT2D eigenvalue weighted by Crippen LogP contribution is 2.20. The molecule has 0 aliphatic rings. The Kier molecular flexibility index (Phi) is 9.91. The first-order valence-electron chi connectivity index (χ1n) is 14.2. The SMILES string of the molecule is CC(C)Cc1cccc2[nH]c(Cn3cccc(NC(=O)[C@H](CC/C=C/C(=O)N(C)C)NC(=O)c4nccn4C)c3=O)nc12. The van der Waals surface area contributed by atoms with Crippen molar-refractivity contribution in [3.8, 4) is 0 Å². The molecule has 3 aromatic heterocycles. The van der Waals surface area contributed by atoms with Crippen molar-refractivity contribution in [1.82, 2.24) is 34.3 Å². The lowest BCUT2D eigenvalue weighted by Gasteiger charge is -2.18. The molecule has 43 heavy (non-hydrogen) atoms. The number of hydrogen-bond donors (Lipinski definition) is 3. The van der Waals surface area contributed by atoms with Crippen LogP contribution in [0.4, 0.5) is 5.69 Å². The maximum Gasteiger partial charge on any atom is 0.287 e. The molecule has 3 N–H and O–H groups in total. The summed E-state index contributed by atoms with van der Waals surface area (Å²) in [5, 5.41) is 5.39. The van der Waals surface area contributed by atoms with E-state index in [1.807, 2.05) is 12.1 Å². The van der Waals surface area contributed by atoms with Crippen LogP contribution < -0.4 is 16.2 Å². The minimum absolute atomic E-state index is 0.0682. The average molecular weight is 587 g/mol. The van der Waals surface area contributed by atoms with Gasteiger partial charge in [-0.2, -0.15) is 0 Å². The second kappa shape index (κ2) is 13.8. The Balaban J connectivity index is 1.52. The van der Waals surface area contributed by atoms with Crippen LogP contribution in [0.2, 0.25) is 0 Å². The van der Waals surface area contributed by atoms with Gasteiger partial charge in [0.05, 0.1) is 17.6 Å². The largest absolute Gasteiger partial charge is 0.345 e. The summed E-state index contributed by atoms with van der Waals surface area (Å²) < 4.78 is 3.01. The fourth-order valence-corrected chi connectivity index (χ4v) is 4.63. The molecule has 0 aliphatic heterocycles. The third-order valence-corrected chi connectivity index (χ3v) is 6.84. The number of para-hydroxylation sites is 1. The van der Waals surface area contributed by atoms with Crippen LogP contribution in [-0.4, -0.2) is 66.8 Å². The minimum Gasteiger partial charge on any atom is -0.345 e. The van der Waals surface area contributed by atoms with Gasteiger partial charge in [0.25, 0.3) is 11.5 Å². The van der Waals surface area contributed by atoms with Gasteiger partial charge in [-0.25, -0.2) is 9.97 Å². The number of aromatic nitrogens is 5. The van der Waals surface area contributed by atoms with Crippen LogP contribution in [-0.2, 0) is 29.6 Å². The topological polar surface area (TPSA) is 147 Å². The van der Waals surface area contributed by atoms with E-state index in [1.165, 1.54) is 27.8 Å². The lowest BCUT2D eigenvalue weighted by Crippen LogP contribution is -2.45. The molecular weight excluding hydrogens is 548 g/mol. The molecule has 0 radical (unpaired) electrons. The maximum absolute atomic E-state index is 13.4. The molecule has 12 nitrogen and oxygen atoms in total. The van der Waals surface area contributed by atoms with Crippen LogP contribution >= 0.6 is 0 Å². The van der Waals surface area contributed by atoms with Gasteiger partial charge in [-0.1, -0.05) is 32.1 Å². The lowest BCUT2D eigenvalue weighted by atomic mass is 10.0. The number of amides is 3. The predicted molar refractivity (Wildman–Crippen MR) is 165 cm³/mol. The first kappa shape index (κ1) is 30.9. The summed E-state index contributed by atoms with van der Waals surface area (Å²) in [5.41, 5.74) is 2.58. The number of nitrogens with zero attached hydrogens (tertiary/aromatic N) is 5. The zero-order valence-corrected chi connectivity index (χ0v) is 25.1. The number of anilines is 1. The number of hydrogen-bond acceptors (Lipinski definition) is 6. The van der Waals surface area contributed by atoms with Crippen molar-refractivity contribution in [3.63, 3.8) is 0 Å². The van der Waals surface area contributed by atoms with Crippen molar-refractivity contribution in [3.05, 3.63) is 88.6 Å². The normalized spacial score (nSPS) is 12.1. The van der Waals surface area contributed by atoms with Crippen molar-refractivity contribution in [2.75, 3.05) is 19.4 Å². The zero-order valence-electron chi connectivity index (χ0n) is 25.1. The molecule has 4 aromatic rings. The fraction of sp³-hybridized carbons (Fsp3) is 0.355. The molecule has 3 heterocycles. The van der Waals surface area contributed by atoms with Gasteiger partial charge in [-0.3, -0.25) is 19.2 Å². The van der Waals surface area contributed by atoms with Crippen molar-refractivity contribution in [2.24, 2.45) is 13.0 Å². The van der Waals surface area contributed by atoms with Gasteiger partial charge in [-0.05, 0) is 55.0 Å². The van der Waals surface area contributed by atoms with Gasteiger partial charge in [0.2, 0.25) is 11.8 Å². The van der Waals surface area contributed by atoms with Crippen LogP contribution in [0.5, 0.6) is 0 Å². The molecule has 0 fully saturated rings. The number of likely N-dealkylation sites (N-methyl/N-ethyl adjacent to an activating group) is 1. The van der Waals surface area contributed by atoms with E-state index in [2.05, 4.69) is 40.5 Å². The predicted octanol–water partition coefficient (Wildman–Crippen LogP) is 2.87. The molecule has 226 valence electrons. The molecule has 0 spiro atoms. The van der Waals surface area contributed by atoms with Gasteiger partial charge in [0, 0.05) is 39.7 Å². The quantitative estimate of drug-likeness (QED) is 0.218. The molecule has 0 bridgehead atoms. The number of benzene rings is 1. The molecule has 4 rings (SSSR count). The number of rotatable bonds is 12. The summed E-state index contributed by atoms with van der Waals surface area (Å²) in [4.78, 5) is 65.0. The molecule has 0 aliphatic carbocycles. The first-order chi connectivity index (χ1) is 20.5. The van der Waals surface area contributed by atoms with E-state index >= 15 is 0 Å². The highest BCUT2D eigenvalue weighted by atomic mass is 16.2. The third-order valence-electron chi connectivity index (χ3n) is 6.84. The lowest BCUT2D eigenvalue weighted by molar-refractivity contribution is -0.123. The van der Waals surface area contributed by atoms with Gasteiger partial charge < -0.3 is 29.7 Å². The number of nitrogens with one attached hydrogen (secondary N) is 3. The highest BCUT2D eigenvalue weighted by molar-refractivity contribution is 5.99. The highest BCUT2D eigenvalue weighted by Gasteiger charge is 2.24. The monoisotopic (exact) mass is 586 g/mol. The van der Waals surface area contributed by atoms with Gasteiger partial charge in [0.1, 0.15) is 17.6 Å². The fourth-order valence-electron chi connectivity index (χ4n) is 4.63. The Bertz CT molecular complexity index is 1700. The Morgan fingerprint density at radius 2 is 1.91 bits per heavy atom. The standard InChI is InChI=1S/C31H38N8O4/c1-20(2)18-21-10-8-12-22-27(21)36-25(33-22)19-39-16-9-13-24(31(39)43)35-29(41)23(11-6-7-14-26(40)37(3)4)34-30(42)28-32-15-17-38(28)5/h7-10,12-17,20,23H,6,11,18-19H2,1-5H3,(H,33,36)(H,34,42)(H,35,41)/b14-7+/t23-/m0/s1. The van der Waals surface area contributed by atoms with Crippen molar-refractivity contribution in [2.45, 2.75) is 45.7 Å². The Morgan fingerprint density at radius 1 is 1.12 bits per heavy atom. The molecule has 1 aromatic carbocycles. The number of H-pyrrole nitrogens is 1. The van der Waals surface area contributed by atoms with Crippen molar-refractivity contribution < 1.29 is 14.4 Å². The number of allylic oxidation sites excluding steroid dienone is 1. The summed E-state index contributed by atoms with van der Waals surface area (Å²) in [6.07, 6.45) is 9.22. The van der Waals surface area contributed by atoms with Gasteiger partial charge in [0.15, 0.2) is 5.82 Å². The summed E-state index contributed by atoms with van der Waals surface area (Å²) in [5.74, 6) is -0.0531. The van der Waals surface area contributed by atoms with Gasteiger partial charge in [-0.15, -0.1) is 0 Å². The van der Waals surface area contributed by atoms with E-state index in [0.29, 0.717) is 18.2 Å². The summed E-state index contributed by atoms with van der Waals surface area (Å²) in [6.45, 7) is 4.49. The smallest absolute Gasteiger partial charge is 0.287 e. The minimum atomic E-state index is -0.994. The third kappa shape index (κ3) is 7.85. The Labute approximate surface area is 249 Å². The molecule has 0 unspecified atom stereocenters. The van der Waals surface area contributed by atoms with Crippen molar-refractivity contribution in [1.29, 1.82) is 0 Å². The van der Waals surface area contributed by atoms with Gasteiger partial charge >= 0.3 is 0 Å². The van der Waals surface area contributed by atoms with E-state index in [1.54, 1.807) is 50.2 Å². The molecule has 0 saturated heterocycles. The number of carbonyl (C=O) groups is 3. The van der Waals surface area contributed by atoms with E-state index in [-0.39, 0.29) is 30.4 Å². The number of pyridine rings is 1. The van der Waals surface area contributed by atoms with E-state index in [0.717, 1.165) is 23.0 Å². The summed E-state index contributed by atoms with van der Waals surface area (Å²) >= 11 is 0. The Hall–Kier alpha value is -5.00. The number of fused-ring (bicyclic) bond motifs is 1. The summed E-state index contributed by atoms with van der Waals surface area (Å²) in [6, 6.07) is 8.20. The van der Waals surface area contributed by atoms with Crippen LogP contribution in [0.3, 0.4) is 0 Å². The second-order valence-corrected chi connectivity index (χ2v) is 11.0. The molecular formula is C31H38N8O4. The second-order valence-electron chi connectivity index (χ2n) is 11.0. The zero-order chi connectivity index (χ0) is 31.1. The molecule has 1 atom stereocenters. The molecule has 3 amide bonds. The Morgan fingerprint density at radius 3 is 2.60 bits per heavy atom. The molecule has 12 heteroatoms. The summed E-state index contributed by atoms with van der Waals surface area (Å²) in [7, 11) is 4.95. The van der Waals surface area contributed by atoms with Crippen LogP contribution in [0.15, 0.2) is 65.9 Å².